The van der Waals surface area contributed by atoms with E-state index in [1.54, 1.807) is 0 Å². The topological polar surface area (TPSA) is 64.2 Å². The van der Waals surface area contributed by atoms with Crippen LogP contribution in [0, 0.1) is 26.7 Å². The van der Waals surface area contributed by atoms with Crippen molar-refractivity contribution in [2.45, 2.75) is 59.5 Å². The highest BCUT2D eigenvalue weighted by Gasteiger charge is 2.31. The number of nitrogens with zero attached hydrogens (tertiary/aromatic N) is 3. The molecule has 1 aliphatic heterocycles. The second-order valence-electron chi connectivity index (χ2n) is 8.03. The van der Waals surface area contributed by atoms with Gasteiger partial charge in [-0.3, -0.25) is 9.48 Å². The highest BCUT2D eigenvalue weighted by molar-refractivity contribution is 5.77. The van der Waals surface area contributed by atoms with E-state index in [0.29, 0.717) is 24.9 Å². The van der Waals surface area contributed by atoms with Crippen molar-refractivity contribution >= 4 is 5.91 Å². The number of hydrogen-bond acceptors (Lipinski definition) is 3. The molecule has 2 atom stereocenters. The molecule has 1 aromatic heterocycles. The molecular formula is C22H32N4O. The Balaban J connectivity index is 1.64. The van der Waals surface area contributed by atoms with Crippen LogP contribution in [-0.2, 0) is 17.8 Å². The summed E-state index contributed by atoms with van der Waals surface area (Å²) in [5.41, 5.74) is 11.7. The molecule has 27 heavy (non-hydrogen) atoms. The fourth-order valence-corrected chi connectivity index (χ4v) is 4.15. The minimum Gasteiger partial charge on any atom is -0.340 e. The van der Waals surface area contributed by atoms with Gasteiger partial charge in [-0.05, 0) is 64.1 Å². The molecule has 0 radical (unpaired) electrons. The van der Waals surface area contributed by atoms with Gasteiger partial charge in [0.05, 0.1) is 12.2 Å². The zero-order valence-corrected chi connectivity index (χ0v) is 17.0. The van der Waals surface area contributed by atoms with Crippen LogP contribution in [0.15, 0.2) is 24.3 Å². The second-order valence-corrected chi connectivity index (χ2v) is 8.03. The number of carbonyl (C=O) groups excluding carboxylic acids is 1. The van der Waals surface area contributed by atoms with Crippen molar-refractivity contribution in [3.05, 3.63) is 52.3 Å². The molecule has 2 N–H and O–H groups in total. The van der Waals surface area contributed by atoms with Gasteiger partial charge in [-0.15, -0.1) is 0 Å². The summed E-state index contributed by atoms with van der Waals surface area (Å²) in [4.78, 5) is 14.7. The second kappa shape index (κ2) is 8.26. The lowest BCUT2D eigenvalue weighted by Crippen LogP contribution is -2.34. The van der Waals surface area contributed by atoms with Gasteiger partial charge in [-0.1, -0.05) is 29.8 Å². The molecule has 1 saturated heterocycles. The maximum atomic E-state index is 12.7. The first-order valence-electron chi connectivity index (χ1n) is 9.97. The molecule has 5 nitrogen and oxygen atoms in total. The third kappa shape index (κ3) is 4.41. The number of benzene rings is 1. The van der Waals surface area contributed by atoms with E-state index < -0.39 is 0 Å². The number of nitrogens with two attached hydrogens (primary N) is 1. The van der Waals surface area contributed by atoms with Gasteiger partial charge >= 0.3 is 0 Å². The number of amides is 1. The fourth-order valence-electron chi connectivity index (χ4n) is 4.15. The molecule has 2 unspecified atom stereocenters. The number of rotatable bonds is 6. The first kappa shape index (κ1) is 19.6. The molecule has 1 amide bonds. The smallest absolute Gasteiger partial charge is 0.223 e. The molecule has 0 aliphatic carbocycles. The summed E-state index contributed by atoms with van der Waals surface area (Å²) in [6, 6.07) is 8.87. The van der Waals surface area contributed by atoms with Crippen LogP contribution >= 0.6 is 0 Å². The van der Waals surface area contributed by atoms with E-state index in [0.717, 1.165) is 37.3 Å². The van der Waals surface area contributed by atoms with Crippen LogP contribution in [0.3, 0.4) is 0 Å². The van der Waals surface area contributed by atoms with Gasteiger partial charge in [0.15, 0.2) is 0 Å². The Hall–Kier alpha value is -2.14. The van der Waals surface area contributed by atoms with Crippen LogP contribution in [0.25, 0.3) is 0 Å². The Bertz CT molecular complexity index is 793. The van der Waals surface area contributed by atoms with Crippen LogP contribution in [0.1, 0.15) is 47.8 Å². The van der Waals surface area contributed by atoms with E-state index >= 15 is 0 Å². The van der Waals surface area contributed by atoms with Crippen molar-refractivity contribution in [3.8, 4) is 0 Å². The third-order valence-electron chi connectivity index (χ3n) is 5.89. The Kier molecular flexibility index (Phi) is 6.00. The van der Waals surface area contributed by atoms with Crippen molar-refractivity contribution in [1.82, 2.24) is 14.7 Å². The lowest BCUT2D eigenvalue weighted by Gasteiger charge is -2.21. The molecule has 1 aromatic carbocycles. The molecule has 1 aliphatic rings. The summed E-state index contributed by atoms with van der Waals surface area (Å²) in [7, 11) is 0. The van der Waals surface area contributed by atoms with Gasteiger partial charge in [0.1, 0.15) is 0 Å². The summed E-state index contributed by atoms with van der Waals surface area (Å²) in [5.74, 6) is 0.688. The van der Waals surface area contributed by atoms with Crippen LogP contribution in [0.2, 0.25) is 0 Å². The maximum absolute atomic E-state index is 12.7. The third-order valence-corrected chi connectivity index (χ3v) is 5.89. The lowest BCUT2D eigenvalue weighted by atomic mass is 10.1. The molecule has 2 heterocycles. The van der Waals surface area contributed by atoms with E-state index in [4.69, 9.17) is 10.8 Å². The highest BCUT2D eigenvalue weighted by atomic mass is 16.2. The summed E-state index contributed by atoms with van der Waals surface area (Å²) in [6.45, 7) is 10.6. The quantitative estimate of drug-likeness (QED) is 0.852. The van der Waals surface area contributed by atoms with Crippen molar-refractivity contribution in [2.75, 3.05) is 13.1 Å². The van der Waals surface area contributed by atoms with Crippen LogP contribution in [-0.4, -0.2) is 39.7 Å². The average Bonchev–Trinajstić information content (AvgIpc) is 3.15. The number of hydrogen-bond donors (Lipinski definition) is 1. The summed E-state index contributed by atoms with van der Waals surface area (Å²) in [5, 5.41) is 4.72. The zero-order valence-electron chi connectivity index (χ0n) is 17.0. The summed E-state index contributed by atoms with van der Waals surface area (Å²) in [6.07, 6.45) is 2.31. The maximum Gasteiger partial charge on any atom is 0.223 e. The average molecular weight is 369 g/mol. The molecule has 0 bridgehead atoms. The predicted molar refractivity (Wildman–Crippen MR) is 109 cm³/mol. The Morgan fingerprint density at radius 2 is 1.93 bits per heavy atom. The summed E-state index contributed by atoms with van der Waals surface area (Å²) >= 11 is 0. The molecule has 0 saturated carbocycles. The molecular weight excluding hydrogens is 336 g/mol. The number of aryl methyl sites for hydroxylation is 2. The Morgan fingerprint density at radius 1 is 1.22 bits per heavy atom. The van der Waals surface area contributed by atoms with Gasteiger partial charge in [-0.2, -0.15) is 5.10 Å². The highest BCUT2D eigenvalue weighted by Crippen LogP contribution is 2.24. The van der Waals surface area contributed by atoms with E-state index in [2.05, 4.69) is 49.7 Å². The van der Waals surface area contributed by atoms with Gasteiger partial charge in [0.2, 0.25) is 5.91 Å². The zero-order chi connectivity index (χ0) is 19.6. The van der Waals surface area contributed by atoms with Gasteiger partial charge < -0.3 is 10.6 Å². The normalized spacial score (nSPS) is 19.7. The fraction of sp³-hybridized carbons (Fsp3) is 0.545. The van der Waals surface area contributed by atoms with Crippen LogP contribution in [0.5, 0.6) is 0 Å². The van der Waals surface area contributed by atoms with E-state index in [1.165, 1.54) is 16.7 Å². The van der Waals surface area contributed by atoms with E-state index in [9.17, 15) is 4.79 Å². The van der Waals surface area contributed by atoms with Crippen molar-refractivity contribution < 1.29 is 4.79 Å². The minimum absolute atomic E-state index is 0.239. The molecule has 1 fully saturated rings. The van der Waals surface area contributed by atoms with Crippen molar-refractivity contribution in [3.63, 3.8) is 0 Å². The van der Waals surface area contributed by atoms with Gasteiger partial charge in [-0.25, -0.2) is 0 Å². The Morgan fingerprint density at radius 3 is 2.56 bits per heavy atom. The number of likely N-dealkylation sites (tertiary alicyclic amines) is 1. The summed E-state index contributed by atoms with van der Waals surface area (Å²) < 4.78 is 2.06. The minimum atomic E-state index is 0.239. The molecule has 146 valence electrons. The molecule has 0 spiro atoms. The molecule has 5 heteroatoms. The first-order chi connectivity index (χ1) is 12.9. The SMILES string of the molecule is Cc1ccc(Cn2nc(C)c(CCC(=O)N3CC(CN)CC3C)c2C)cc1. The monoisotopic (exact) mass is 368 g/mol. The van der Waals surface area contributed by atoms with Gasteiger partial charge in [0, 0.05) is 24.7 Å². The van der Waals surface area contributed by atoms with Gasteiger partial charge in [0.25, 0.3) is 0 Å². The van der Waals surface area contributed by atoms with Crippen molar-refractivity contribution in [1.29, 1.82) is 0 Å². The van der Waals surface area contributed by atoms with E-state index in [1.807, 2.05) is 11.8 Å². The first-order valence-corrected chi connectivity index (χ1v) is 9.97. The number of carbonyl (C=O) groups is 1. The Labute approximate surface area is 162 Å². The largest absolute Gasteiger partial charge is 0.340 e. The standard InChI is InChI=1S/C22H32N4O/c1-15-5-7-19(8-6-15)14-26-18(4)21(17(3)24-26)9-10-22(27)25-13-20(12-23)11-16(25)2/h5-8,16,20H,9-14,23H2,1-4H3. The lowest BCUT2D eigenvalue weighted by molar-refractivity contribution is -0.131. The predicted octanol–water partition coefficient (Wildman–Crippen LogP) is 2.98. The van der Waals surface area contributed by atoms with E-state index in [-0.39, 0.29) is 5.91 Å². The molecule has 2 aromatic rings. The van der Waals surface area contributed by atoms with Crippen LogP contribution < -0.4 is 5.73 Å². The number of aromatic nitrogens is 2. The van der Waals surface area contributed by atoms with Crippen molar-refractivity contribution in [2.24, 2.45) is 11.7 Å². The van der Waals surface area contributed by atoms with Crippen LogP contribution in [0.4, 0.5) is 0 Å². The molecule has 3 rings (SSSR count).